The van der Waals surface area contributed by atoms with Crippen molar-refractivity contribution < 1.29 is 9.84 Å². The number of methoxy groups -OCH3 is 1. The number of aromatic nitrogens is 2. The molecule has 7 heteroatoms. The van der Waals surface area contributed by atoms with E-state index in [1.165, 1.54) is 23.1 Å². The van der Waals surface area contributed by atoms with Crippen molar-refractivity contribution in [2.24, 2.45) is 0 Å². The van der Waals surface area contributed by atoms with Gasteiger partial charge in [-0.25, -0.2) is 9.97 Å². The largest absolute Gasteiger partial charge is 0.497 e. The average molecular weight is 423 g/mol. The number of β-amino-alcohol motifs (C(OH)–C–C–N with tert-alkyl or cyclic N) is 1. The number of hydrogen-bond acceptors (Lipinski definition) is 7. The molecule has 6 nitrogen and oxygen atoms in total. The molecule has 0 atom stereocenters. The van der Waals surface area contributed by atoms with Crippen LogP contribution in [0.3, 0.4) is 0 Å². The molecule has 0 unspecified atom stereocenters. The zero-order valence-corrected chi connectivity index (χ0v) is 18.5. The van der Waals surface area contributed by atoms with Crippen LogP contribution in [0, 0.1) is 13.8 Å². The van der Waals surface area contributed by atoms with Crippen molar-refractivity contribution in [2.45, 2.75) is 31.4 Å². The van der Waals surface area contributed by atoms with Crippen LogP contribution in [0.2, 0.25) is 0 Å². The summed E-state index contributed by atoms with van der Waals surface area (Å²) in [5.74, 6) is 2.31. The lowest BCUT2D eigenvalue weighted by atomic mass is 9.97. The smallest absolute Gasteiger partial charge is 0.140 e. The second-order valence-corrected chi connectivity index (χ2v) is 8.76. The SMILES string of the molecule is COc1cc(NSc2cccc(N3CC(C)(O)C3)n2)nc(-c2c(C)cccc2C)c1. The quantitative estimate of drug-likeness (QED) is 0.568. The Balaban J connectivity index is 1.54. The summed E-state index contributed by atoms with van der Waals surface area (Å²) < 4.78 is 8.80. The van der Waals surface area contributed by atoms with Gasteiger partial charge >= 0.3 is 0 Å². The molecule has 0 bridgehead atoms. The summed E-state index contributed by atoms with van der Waals surface area (Å²) in [5, 5.41) is 10.8. The fourth-order valence-corrected chi connectivity index (χ4v) is 4.30. The lowest BCUT2D eigenvalue weighted by molar-refractivity contribution is 0.0305. The number of nitrogens with zero attached hydrogens (tertiary/aromatic N) is 3. The minimum atomic E-state index is -0.627. The van der Waals surface area contributed by atoms with E-state index in [9.17, 15) is 5.11 Å². The van der Waals surface area contributed by atoms with Crippen LogP contribution in [-0.2, 0) is 0 Å². The highest BCUT2D eigenvalue weighted by molar-refractivity contribution is 8.00. The molecule has 3 heterocycles. The summed E-state index contributed by atoms with van der Waals surface area (Å²) in [6.45, 7) is 7.21. The van der Waals surface area contributed by atoms with Crippen LogP contribution < -0.4 is 14.4 Å². The maximum absolute atomic E-state index is 9.97. The Bertz CT molecular complexity index is 1040. The number of benzene rings is 1. The molecule has 156 valence electrons. The third kappa shape index (κ3) is 4.37. The van der Waals surface area contributed by atoms with E-state index < -0.39 is 5.60 Å². The summed E-state index contributed by atoms with van der Waals surface area (Å²) in [5.41, 5.74) is 3.72. The van der Waals surface area contributed by atoms with Gasteiger partial charge in [0.25, 0.3) is 0 Å². The van der Waals surface area contributed by atoms with Crippen LogP contribution in [0.15, 0.2) is 53.6 Å². The van der Waals surface area contributed by atoms with Crippen molar-refractivity contribution in [3.63, 3.8) is 0 Å². The second-order valence-electron chi connectivity index (χ2n) is 7.94. The van der Waals surface area contributed by atoms with Gasteiger partial charge in [-0.3, -0.25) is 0 Å². The predicted octanol–water partition coefficient (Wildman–Crippen LogP) is 4.46. The molecule has 1 fully saturated rings. The van der Waals surface area contributed by atoms with Crippen molar-refractivity contribution in [3.05, 3.63) is 59.7 Å². The summed E-state index contributed by atoms with van der Waals surface area (Å²) in [7, 11) is 1.66. The van der Waals surface area contributed by atoms with Gasteiger partial charge < -0.3 is 19.5 Å². The van der Waals surface area contributed by atoms with Gasteiger partial charge in [-0.05, 0) is 44.0 Å². The molecule has 2 aromatic heterocycles. The molecule has 0 saturated carbocycles. The topological polar surface area (TPSA) is 70.5 Å². The summed E-state index contributed by atoms with van der Waals surface area (Å²) in [6.07, 6.45) is 0. The molecule has 2 N–H and O–H groups in total. The highest BCUT2D eigenvalue weighted by atomic mass is 32.2. The Labute approximate surface area is 181 Å². The number of nitrogens with one attached hydrogen (secondary N) is 1. The van der Waals surface area contributed by atoms with Crippen molar-refractivity contribution in [2.75, 3.05) is 29.8 Å². The Hall–Kier alpha value is -2.77. The van der Waals surface area contributed by atoms with E-state index in [0.29, 0.717) is 18.9 Å². The van der Waals surface area contributed by atoms with Gasteiger partial charge in [0.15, 0.2) is 0 Å². The van der Waals surface area contributed by atoms with Crippen LogP contribution in [0.5, 0.6) is 5.75 Å². The standard InChI is InChI=1S/C23H26N4O2S/c1-15-7-5-8-16(2)22(15)18-11-17(29-4)12-19(24-18)26-30-21-10-6-9-20(25-21)27-13-23(3,28)14-27/h5-12,28H,13-14H2,1-4H3,(H,24,26). The third-order valence-electron chi connectivity index (χ3n) is 5.13. The third-order valence-corrected chi connectivity index (χ3v) is 5.88. The van der Waals surface area contributed by atoms with Crippen LogP contribution in [0.4, 0.5) is 11.6 Å². The van der Waals surface area contributed by atoms with E-state index >= 15 is 0 Å². The van der Waals surface area contributed by atoms with E-state index in [2.05, 4.69) is 46.7 Å². The molecule has 0 spiro atoms. The van der Waals surface area contributed by atoms with Gasteiger partial charge in [-0.1, -0.05) is 24.3 Å². The molecule has 1 aliphatic heterocycles. The first-order valence-electron chi connectivity index (χ1n) is 9.84. The van der Waals surface area contributed by atoms with Gasteiger partial charge in [0.2, 0.25) is 0 Å². The van der Waals surface area contributed by atoms with Gasteiger partial charge in [-0.15, -0.1) is 0 Å². The molecular weight excluding hydrogens is 396 g/mol. The van der Waals surface area contributed by atoms with Crippen molar-refractivity contribution >= 4 is 23.6 Å². The fourth-order valence-electron chi connectivity index (χ4n) is 3.70. The first kappa shape index (κ1) is 20.5. The minimum absolute atomic E-state index is 0.595. The summed E-state index contributed by atoms with van der Waals surface area (Å²) >= 11 is 1.40. The lowest BCUT2D eigenvalue weighted by Crippen LogP contribution is -2.60. The van der Waals surface area contributed by atoms with Crippen molar-refractivity contribution in [1.82, 2.24) is 9.97 Å². The number of anilines is 2. The van der Waals surface area contributed by atoms with Crippen LogP contribution in [0.25, 0.3) is 11.3 Å². The molecule has 1 saturated heterocycles. The molecule has 4 rings (SSSR count). The zero-order chi connectivity index (χ0) is 21.3. The highest BCUT2D eigenvalue weighted by Gasteiger charge is 2.37. The van der Waals surface area contributed by atoms with Gasteiger partial charge in [-0.2, -0.15) is 0 Å². The summed E-state index contributed by atoms with van der Waals surface area (Å²) in [4.78, 5) is 11.6. The fraction of sp³-hybridized carbons (Fsp3) is 0.304. The van der Waals surface area contributed by atoms with Gasteiger partial charge in [0, 0.05) is 42.7 Å². The van der Waals surface area contributed by atoms with E-state index in [-0.39, 0.29) is 0 Å². The lowest BCUT2D eigenvalue weighted by Gasteiger charge is -2.44. The Morgan fingerprint density at radius 2 is 1.77 bits per heavy atom. The van der Waals surface area contributed by atoms with E-state index in [1.807, 2.05) is 37.3 Å². The zero-order valence-electron chi connectivity index (χ0n) is 17.6. The van der Waals surface area contributed by atoms with Crippen molar-refractivity contribution in [3.8, 4) is 17.0 Å². The Morgan fingerprint density at radius 1 is 1.07 bits per heavy atom. The average Bonchev–Trinajstić information content (AvgIpc) is 2.70. The molecule has 0 radical (unpaired) electrons. The normalized spacial score (nSPS) is 14.9. The van der Waals surface area contributed by atoms with Crippen molar-refractivity contribution in [1.29, 1.82) is 0 Å². The number of aryl methyl sites for hydroxylation is 2. The van der Waals surface area contributed by atoms with E-state index in [1.54, 1.807) is 7.11 Å². The Kier molecular flexibility index (Phi) is 5.58. The molecule has 0 amide bonds. The first-order chi connectivity index (χ1) is 14.3. The summed E-state index contributed by atoms with van der Waals surface area (Å²) in [6, 6.07) is 16.0. The first-order valence-corrected chi connectivity index (χ1v) is 10.7. The molecule has 0 aliphatic carbocycles. The second kappa shape index (κ2) is 8.16. The Morgan fingerprint density at radius 3 is 2.43 bits per heavy atom. The number of ether oxygens (including phenoxy) is 1. The molecule has 1 aliphatic rings. The number of rotatable bonds is 6. The predicted molar refractivity (Wildman–Crippen MR) is 122 cm³/mol. The maximum Gasteiger partial charge on any atom is 0.140 e. The van der Waals surface area contributed by atoms with Gasteiger partial charge in [0.1, 0.15) is 22.4 Å². The molecular formula is C23H26N4O2S. The van der Waals surface area contributed by atoms with Gasteiger partial charge in [0.05, 0.1) is 18.4 Å². The number of aliphatic hydroxyl groups is 1. The van der Waals surface area contributed by atoms with Crippen LogP contribution >= 0.6 is 11.9 Å². The highest BCUT2D eigenvalue weighted by Crippen LogP contribution is 2.32. The van der Waals surface area contributed by atoms with Crippen LogP contribution in [0.1, 0.15) is 18.1 Å². The monoisotopic (exact) mass is 422 g/mol. The molecule has 1 aromatic carbocycles. The molecule has 30 heavy (non-hydrogen) atoms. The minimum Gasteiger partial charge on any atom is -0.497 e. The number of hydrogen-bond donors (Lipinski definition) is 2. The van der Waals surface area contributed by atoms with Crippen LogP contribution in [-0.4, -0.2) is 40.9 Å². The molecule has 3 aromatic rings. The van der Waals surface area contributed by atoms with E-state index in [0.717, 1.165) is 27.9 Å². The van der Waals surface area contributed by atoms with E-state index in [4.69, 9.17) is 9.72 Å². The maximum atomic E-state index is 9.97. The number of pyridine rings is 2.